The number of hydrogen-bond donors (Lipinski definition) is 1. The van der Waals surface area contributed by atoms with Gasteiger partial charge in [-0.2, -0.15) is 0 Å². The van der Waals surface area contributed by atoms with Gasteiger partial charge in [0.15, 0.2) is 0 Å². The second-order valence-corrected chi connectivity index (χ2v) is 5.88. The van der Waals surface area contributed by atoms with Crippen molar-refractivity contribution in [1.82, 2.24) is 4.90 Å². The van der Waals surface area contributed by atoms with E-state index >= 15 is 0 Å². The van der Waals surface area contributed by atoms with E-state index in [9.17, 15) is 9.59 Å². The van der Waals surface area contributed by atoms with Gasteiger partial charge in [-0.25, -0.2) is 4.79 Å². The van der Waals surface area contributed by atoms with Crippen LogP contribution in [-0.2, 0) is 14.3 Å². The molecule has 1 rings (SSSR count). The van der Waals surface area contributed by atoms with Crippen LogP contribution in [0.3, 0.4) is 0 Å². The molecular formula is C12H21NO5. The molecule has 0 aromatic heterocycles. The first-order valence-corrected chi connectivity index (χ1v) is 5.91. The first-order chi connectivity index (χ1) is 8.01. The molecule has 0 bridgehead atoms. The molecular weight excluding hydrogens is 238 g/mol. The van der Waals surface area contributed by atoms with Crippen molar-refractivity contribution in [3.63, 3.8) is 0 Å². The number of carboxylic acid groups (broad SMARTS) is 1. The summed E-state index contributed by atoms with van der Waals surface area (Å²) in [7, 11) is 0. The first-order valence-electron chi connectivity index (χ1n) is 5.91. The number of hydrogen-bond acceptors (Lipinski definition) is 4. The van der Waals surface area contributed by atoms with Gasteiger partial charge in [0.25, 0.3) is 0 Å². The number of rotatable bonds is 2. The van der Waals surface area contributed by atoms with Crippen molar-refractivity contribution >= 4 is 12.1 Å². The number of carbonyl (C=O) groups excluding carboxylic acids is 1. The van der Waals surface area contributed by atoms with E-state index in [1.807, 2.05) is 0 Å². The maximum absolute atomic E-state index is 12.0. The molecule has 0 saturated carbocycles. The van der Waals surface area contributed by atoms with Gasteiger partial charge in [-0.3, -0.25) is 9.69 Å². The summed E-state index contributed by atoms with van der Waals surface area (Å²) in [6, 6.07) is 0. The van der Waals surface area contributed by atoms with Gasteiger partial charge in [-0.1, -0.05) is 0 Å². The average Bonchev–Trinajstić information content (AvgIpc) is 2.36. The molecule has 1 amide bonds. The number of nitrogens with zero attached hydrogens (tertiary/aromatic N) is 1. The summed E-state index contributed by atoms with van der Waals surface area (Å²) in [6.45, 7) is 9.02. The van der Waals surface area contributed by atoms with E-state index in [1.165, 1.54) is 4.90 Å². The Balaban J connectivity index is 2.71. The zero-order valence-corrected chi connectivity index (χ0v) is 11.5. The van der Waals surface area contributed by atoms with Gasteiger partial charge < -0.3 is 14.6 Å². The fourth-order valence-corrected chi connectivity index (χ4v) is 1.84. The molecule has 0 aromatic carbocycles. The summed E-state index contributed by atoms with van der Waals surface area (Å²) in [4.78, 5) is 24.1. The number of aliphatic carboxylic acids is 1. The largest absolute Gasteiger partial charge is 0.481 e. The van der Waals surface area contributed by atoms with Crippen molar-refractivity contribution in [2.45, 2.75) is 58.5 Å². The molecule has 6 heteroatoms. The van der Waals surface area contributed by atoms with Crippen LogP contribution in [0.15, 0.2) is 0 Å². The van der Waals surface area contributed by atoms with Crippen LogP contribution in [0.4, 0.5) is 4.79 Å². The third-order valence-corrected chi connectivity index (χ3v) is 2.51. The lowest BCUT2D eigenvalue weighted by Gasteiger charge is -2.31. The highest BCUT2D eigenvalue weighted by Gasteiger charge is 2.44. The molecule has 1 heterocycles. The average molecular weight is 259 g/mol. The Morgan fingerprint density at radius 1 is 1.44 bits per heavy atom. The van der Waals surface area contributed by atoms with Crippen LogP contribution in [-0.4, -0.2) is 46.0 Å². The van der Waals surface area contributed by atoms with Crippen molar-refractivity contribution in [1.29, 1.82) is 0 Å². The zero-order valence-electron chi connectivity index (χ0n) is 11.5. The maximum atomic E-state index is 12.0. The topological polar surface area (TPSA) is 76.1 Å². The van der Waals surface area contributed by atoms with Gasteiger partial charge in [-0.05, 0) is 34.6 Å². The molecule has 1 aliphatic rings. The van der Waals surface area contributed by atoms with Gasteiger partial charge in [0, 0.05) is 0 Å². The Morgan fingerprint density at radius 2 is 2.00 bits per heavy atom. The Bertz CT molecular complexity index is 345. The summed E-state index contributed by atoms with van der Waals surface area (Å²) in [5, 5.41) is 8.74. The van der Waals surface area contributed by atoms with Crippen LogP contribution < -0.4 is 0 Å². The summed E-state index contributed by atoms with van der Waals surface area (Å²) in [5.41, 5.74) is -1.43. The standard InChI is InChI=1S/C12H21NO5/c1-11(2,3)18-10(16)13-7-8(6-9(14)15)17-12(13,4)5/h8H,6-7H2,1-5H3,(H,14,15)/t8-/m0/s1. The van der Waals surface area contributed by atoms with E-state index in [4.69, 9.17) is 14.6 Å². The number of ether oxygens (including phenoxy) is 2. The second-order valence-electron chi connectivity index (χ2n) is 5.88. The Morgan fingerprint density at radius 3 is 2.44 bits per heavy atom. The molecule has 0 radical (unpaired) electrons. The molecule has 0 aromatic rings. The lowest BCUT2D eigenvalue weighted by atomic mass is 10.2. The summed E-state index contributed by atoms with van der Waals surface area (Å²) in [6.07, 6.45) is -1.10. The first kappa shape index (κ1) is 14.8. The van der Waals surface area contributed by atoms with E-state index in [0.29, 0.717) is 0 Å². The fourth-order valence-electron chi connectivity index (χ4n) is 1.84. The Hall–Kier alpha value is -1.30. The lowest BCUT2D eigenvalue weighted by Crippen LogP contribution is -2.46. The van der Waals surface area contributed by atoms with Crippen LogP contribution >= 0.6 is 0 Å². The molecule has 1 aliphatic heterocycles. The molecule has 18 heavy (non-hydrogen) atoms. The van der Waals surface area contributed by atoms with Gasteiger partial charge in [0.05, 0.1) is 19.1 Å². The smallest absolute Gasteiger partial charge is 0.412 e. The van der Waals surface area contributed by atoms with Crippen molar-refractivity contribution < 1.29 is 24.2 Å². The maximum Gasteiger partial charge on any atom is 0.412 e. The van der Waals surface area contributed by atoms with Crippen LogP contribution in [0, 0.1) is 0 Å². The monoisotopic (exact) mass is 259 g/mol. The normalized spacial score (nSPS) is 22.9. The molecule has 1 N–H and O–H groups in total. The number of amides is 1. The van der Waals surface area contributed by atoms with Gasteiger partial charge in [0.1, 0.15) is 11.3 Å². The highest BCUT2D eigenvalue weighted by Crippen LogP contribution is 2.29. The molecule has 6 nitrogen and oxygen atoms in total. The zero-order chi connectivity index (χ0) is 14.1. The molecule has 1 saturated heterocycles. The minimum atomic E-state index is -0.943. The van der Waals surface area contributed by atoms with Crippen molar-refractivity contribution in [3.8, 4) is 0 Å². The number of carboxylic acids is 1. The Kier molecular flexibility index (Phi) is 3.90. The summed E-state index contributed by atoms with van der Waals surface area (Å²) >= 11 is 0. The number of carbonyl (C=O) groups is 2. The fraction of sp³-hybridized carbons (Fsp3) is 0.833. The van der Waals surface area contributed by atoms with Crippen molar-refractivity contribution in [3.05, 3.63) is 0 Å². The molecule has 0 aliphatic carbocycles. The van der Waals surface area contributed by atoms with Crippen LogP contribution in [0.5, 0.6) is 0 Å². The highest BCUT2D eigenvalue weighted by atomic mass is 16.6. The molecule has 0 unspecified atom stereocenters. The van der Waals surface area contributed by atoms with E-state index < -0.39 is 29.5 Å². The molecule has 1 fully saturated rings. The van der Waals surface area contributed by atoms with Crippen LogP contribution in [0.1, 0.15) is 41.0 Å². The molecule has 1 atom stereocenters. The van der Waals surface area contributed by atoms with Crippen molar-refractivity contribution in [2.24, 2.45) is 0 Å². The van der Waals surface area contributed by atoms with Gasteiger partial charge in [0.2, 0.25) is 0 Å². The molecule has 104 valence electrons. The van der Waals surface area contributed by atoms with E-state index in [2.05, 4.69) is 0 Å². The highest BCUT2D eigenvalue weighted by molar-refractivity contribution is 5.70. The van der Waals surface area contributed by atoms with Crippen LogP contribution in [0.2, 0.25) is 0 Å². The van der Waals surface area contributed by atoms with Crippen molar-refractivity contribution in [2.75, 3.05) is 6.54 Å². The quantitative estimate of drug-likeness (QED) is 0.818. The van der Waals surface area contributed by atoms with E-state index in [1.54, 1.807) is 34.6 Å². The Labute approximate surface area is 107 Å². The minimum Gasteiger partial charge on any atom is -0.481 e. The SMILES string of the molecule is CC(C)(C)OC(=O)N1C[C@H](CC(=O)O)OC1(C)C. The third kappa shape index (κ3) is 3.87. The second kappa shape index (κ2) is 4.76. The third-order valence-electron chi connectivity index (χ3n) is 2.51. The van der Waals surface area contributed by atoms with Gasteiger partial charge in [-0.15, -0.1) is 0 Å². The van der Waals surface area contributed by atoms with Crippen LogP contribution in [0.25, 0.3) is 0 Å². The minimum absolute atomic E-state index is 0.122. The summed E-state index contributed by atoms with van der Waals surface area (Å²) in [5.74, 6) is -0.943. The van der Waals surface area contributed by atoms with E-state index in [-0.39, 0.29) is 13.0 Å². The summed E-state index contributed by atoms with van der Waals surface area (Å²) < 4.78 is 10.8. The predicted molar refractivity (Wildman–Crippen MR) is 64.1 cm³/mol. The van der Waals surface area contributed by atoms with E-state index in [0.717, 1.165) is 0 Å². The lowest BCUT2D eigenvalue weighted by molar-refractivity contribution is -0.141. The molecule has 0 spiro atoms. The predicted octanol–water partition coefficient (Wildman–Crippen LogP) is 1.83. The van der Waals surface area contributed by atoms with Gasteiger partial charge >= 0.3 is 12.1 Å².